The first-order valence-corrected chi connectivity index (χ1v) is 5.10. The van der Waals surface area contributed by atoms with Gasteiger partial charge in [-0.15, -0.1) is 30.2 Å². The van der Waals surface area contributed by atoms with Gasteiger partial charge < -0.3 is 5.73 Å². The molecule has 0 unspecified atom stereocenters. The quantitative estimate of drug-likeness (QED) is 0.490. The first-order chi connectivity index (χ1) is 8.15. The van der Waals surface area contributed by atoms with Crippen LogP contribution in [0.2, 0.25) is 0 Å². The summed E-state index contributed by atoms with van der Waals surface area (Å²) in [6.45, 7) is 0. The van der Waals surface area contributed by atoms with Crippen LogP contribution in [-0.4, -0.2) is 4.92 Å². The summed E-state index contributed by atoms with van der Waals surface area (Å²) in [6.07, 6.45) is 9.41. The molecule has 0 atom stereocenters. The molecule has 0 aliphatic heterocycles. The van der Waals surface area contributed by atoms with Gasteiger partial charge in [0.05, 0.1) is 4.92 Å². The Morgan fingerprint density at radius 3 is 2.47 bits per heavy atom. The predicted octanol–water partition coefficient (Wildman–Crippen LogP) is 2.49. The Labute approximate surface area is 98.9 Å². The smallest absolute Gasteiger partial charge is 0.251 e. The molecule has 1 aromatic rings. The fourth-order valence-electron chi connectivity index (χ4n) is 1.48. The number of allylic oxidation sites excluding steroid dienone is 5. The highest BCUT2D eigenvalue weighted by atomic mass is 16.6. The van der Waals surface area contributed by atoms with Crippen molar-refractivity contribution in [3.05, 3.63) is 81.9 Å². The third-order valence-corrected chi connectivity index (χ3v) is 2.37. The van der Waals surface area contributed by atoms with E-state index in [1.807, 2.05) is 30.7 Å². The van der Waals surface area contributed by atoms with Crippen molar-refractivity contribution in [2.75, 3.05) is 0 Å². The first-order valence-electron chi connectivity index (χ1n) is 5.10. The Hall–Kier alpha value is -2.49. The summed E-state index contributed by atoms with van der Waals surface area (Å²) in [4.78, 5) is 10.1. The van der Waals surface area contributed by atoms with Gasteiger partial charge in [-0.1, -0.05) is 17.7 Å². The highest BCUT2D eigenvalue weighted by molar-refractivity contribution is 5.47. The zero-order valence-corrected chi connectivity index (χ0v) is 9.04. The lowest BCUT2D eigenvalue weighted by Gasteiger charge is -2.04. The van der Waals surface area contributed by atoms with Gasteiger partial charge in [0.2, 0.25) is 0 Å². The van der Waals surface area contributed by atoms with Gasteiger partial charge in [0.1, 0.15) is 0 Å². The Bertz CT molecular complexity index is 525. The Morgan fingerprint density at radius 2 is 1.94 bits per heavy atom. The van der Waals surface area contributed by atoms with Crippen molar-refractivity contribution in [3.63, 3.8) is 0 Å². The summed E-state index contributed by atoms with van der Waals surface area (Å²) in [5.74, 6) is 0. The summed E-state index contributed by atoms with van der Waals surface area (Å²) in [7, 11) is 0. The van der Waals surface area contributed by atoms with Crippen molar-refractivity contribution in [1.29, 1.82) is 0 Å². The lowest BCUT2D eigenvalue weighted by Crippen LogP contribution is -1.88. The zero-order valence-electron chi connectivity index (χ0n) is 9.04. The third-order valence-electron chi connectivity index (χ3n) is 2.37. The Morgan fingerprint density at radius 1 is 1.24 bits per heavy atom. The van der Waals surface area contributed by atoms with Gasteiger partial charge >= 0.3 is 0 Å². The van der Waals surface area contributed by atoms with Gasteiger partial charge in [0.25, 0.3) is 5.69 Å². The largest absolute Gasteiger partial charge is 0.399 e. The van der Waals surface area contributed by atoms with Crippen LogP contribution >= 0.6 is 0 Å². The normalized spacial score (nSPS) is 16.0. The van der Waals surface area contributed by atoms with Gasteiger partial charge in [0.15, 0.2) is 0 Å². The molecule has 0 fully saturated rings. The average Bonchev–Trinajstić information content (AvgIpc) is 2.73. The van der Waals surface area contributed by atoms with Gasteiger partial charge in [0, 0.05) is 5.70 Å². The van der Waals surface area contributed by atoms with E-state index < -0.39 is 4.92 Å². The topological polar surface area (TPSA) is 69.2 Å². The van der Waals surface area contributed by atoms with E-state index in [-0.39, 0.29) is 5.69 Å². The summed E-state index contributed by atoms with van der Waals surface area (Å²) in [5.41, 5.74) is 8.35. The van der Waals surface area contributed by atoms with E-state index in [2.05, 4.69) is 0 Å². The van der Waals surface area contributed by atoms with Crippen molar-refractivity contribution in [2.24, 2.45) is 5.73 Å². The second-order valence-electron chi connectivity index (χ2n) is 3.66. The zero-order chi connectivity index (χ0) is 12.3. The maximum absolute atomic E-state index is 10.5. The van der Waals surface area contributed by atoms with Gasteiger partial charge in [-0.05, 0) is 18.2 Å². The molecule has 17 heavy (non-hydrogen) atoms. The van der Waals surface area contributed by atoms with Crippen molar-refractivity contribution >= 4 is 5.69 Å². The molecule has 2 N–H and O–H groups in total. The average molecular weight is 227 g/mol. The van der Waals surface area contributed by atoms with Crippen molar-refractivity contribution < 1.29 is 4.92 Å². The molecule has 1 aliphatic carbocycles. The summed E-state index contributed by atoms with van der Waals surface area (Å²) >= 11 is 0. The number of hydrogen-bond acceptors (Lipinski definition) is 3. The fraction of sp³-hybridized carbons (Fsp3) is 0. The number of hydrogen-bond donors (Lipinski definition) is 1. The molecule has 0 saturated heterocycles. The van der Waals surface area contributed by atoms with Crippen LogP contribution in [0.4, 0.5) is 5.69 Å². The van der Waals surface area contributed by atoms with Gasteiger partial charge in [-0.3, -0.25) is 10.1 Å². The molecule has 0 amide bonds. The molecule has 0 aromatic heterocycles. The van der Waals surface area contributed by atoms with Crippen molar-refractivity contribution in [2.45, 2.75) is 0 Å². The lowest BCUT2D eigenvalue weighted by molar-refractivity contribution is -0.384. The molecule has 0 heterocycles. The number of nitrogens with two attached hydrogens (primary N) is 1. The van der Waals surface area contributed by atoms with Crippen LogP contribution < -0.4 is 5.73 Å². The van der Waals surface area contributed by atoms with E-state index in [0.717, 1.165) is 16.8 Å². The maximum atomic E-state index is 10.5. The number of nitro groups is 1. The standard InChI is InChI=1S/C13H11N2O2/c14-12-6-3-11(9-12)2-1-10-4-7-13(8-5-10)15(16)17/h1-9H,14H2/q-1. The maximum Gasteiger partial charge on any atom is 0.251 e. The van der Waals surface area contributed by atoms with E-state index >= 15 is 0 Å². The van der Waals surface area contributed by atoms with Crippen LogP contribution in [0.25, 0.3) is 0 Å². The molecule has 0 bridgehead atoms. The SMILES string of the molecule is NC1=CC(=C[CH-]c2ccc([N+](=O)[O-])cc2)C=C1. The molecule has 0 spiro atoms. The molecule has 0 saturated carbocycles. The number of non-ortho nitro benzene ring substituents is 1. The molecule has 1 aromatic carbocycles. The van der Waals surface area contributed by atoms with E-state index in [9.17, 15) is 10.1 Å². The van der Waals surface area contributed by atoms with Crippen LogP contribution in [-0.2, 0) is 0 Å². The van der Waals surface area contributed by atoms with Crippen LogP contribution in [0.5, 0.6) is 0 Å². The number of nitrogens with zero attached hydrogens (tertiary/aromatic N) is 1. The lowest BCUT2D eigenvalue weighted by atomic mass is 10.1. The second-order valence-corrected chi connectivity index (χ2v) is 3.66. The summed E-state index contributed by atoms with van der Waals surface area (Å²) in [5, 5.41) is 10.5. The van der Waals surface area contributed by atoms with E-state index in [4.69, 9.17) is 5.73 Å². The number of rotatable bonds is 3. The molecular formula is C13H11N2O2-. The summed E-state index contributed by atoms with van der Waals surface area (Å²) in [6, 6.07) is 6.39. The van der Waals surface area contributed by atoms with Gasteiger partial charge in [-0.2, -0.15) is 0 Å². The summed E-state index contributed by atoms with van der Waals surface area (Å²) < 4.78 is 0. The predicted molar refractivity (Wildman–Crippen MR) is 66.0 cm³/mol. The highest BCUT2D eigenvalue weighted by Gasteiger charge is 1.99. The molecule has 1 aliphatic rings. The van der Waals surface area contributed by atoms with Crippen LogP contribution in [0.15, 0.2) is 59.8 Å². The molecule has 2 rings (SSSR count). The minimum atomic E-state index is -0.411. The number of benzene rings is 1. The van der Waals surface area contributed by atoms with E-state index in [0.29, 0.717) is 0 Å². The van der Waals surface area contributed by atoms with Crippen LogP contribution in [0, 0.1) is 16.5 Å². The highest BCUT2D eigenvalue weighted by Crippen LogP contribution is 2.16. The van der Waals surface area contributed by atoms with Crippen molar-refractivity contribution in [1.82, 2.24) is 0 Å². The van der Waals surface area contributed by atoms with Gasteiger partial charge in [-0.25, -0.2) is 0 Å². The minimum Gasteiger partial charge on any atom is -0.399 e. The van der Waals surface area contributed by atoms with E-state index in [1.165, 1.54) is 12.1 Å². The third kappa shape index (κ3) is 2.75. The molecule has 0 radical (unpaired) electrons. The molecule has 4 nitrogen and oxygen atoms in total. The van der Waals surface area contributed by atoms with E-state index in [1.54, 1.807) is 12.1 Å². The van der Waals surface area contributed by atoms with Crippen molar-refractivity contribution in [3.8, 4) is 0 Å². The molecular weight excluding hydrogens is 216 g/mol. The van der Waals surface area contributed by atoms with Crippen LogP contribution in [0.3, 0.4) is 0 Å². The molecule has 86 valence electrons. The van der Waals surface area contributed by atoms with Crippen LogP contribution in [0.1, 0.15) is 5.56 Å². The Balaban J connectivity index is 2.05. The second kappa shape index (κ2) is 4.57. The Kier molecular flexibility index (Phi) is 2.96. The molecule has 4 heteroatoms. The monoisotopic (exact) mass is 227 g/mol. The first kappa shape index (κ1) is 11.0. The number of nitro benzene ring substituents is 1. The minimum absolute atomic E-state index is 0.0969. The fourth-order valence-corrected chi connectivity index (χ4v) is 1.48.